The van der Waals surface area contributed by atoms with Crippen LogP contribution in [0.1, 0.15) is 0 Å². The first-order chi connectivity index (χ1) is 15.5. The standard InChI is InChI=1S/C23H19N3O4S2/c27-22(16-30-20-10-6-18(7-11-20)17-4-2-1-3-5-17)25-19-8-12-21(13-9-19)32(28,29)26-23-24-14-15-31-23/h1-15H,16H2,(H,24,26)(H,25,27). The Bertz CT molecular complexity index is 1270. The molecular formula is C23H19N3O4S2. The summed E-state index contributed by atoms with van der Waals surface area (Å²) in [6, 6.07) is 23.3. The van der Waals surface area contributed by atoms with Gasteiger partial charge in [0.25, 0.3) is 15.9 Å². The molecule has 7 nitrogen and oxygen atoms in total. The molecule has 0 aliphatic rings. The summed E-state index contributed by atoms with van der Waals surface area (Å²) in [4.78, 5) is 16.2. The smallest absolute Gasteiger partial charge is 0.263 e. The molecule has 3 aromatic carbocycles. The molecule has 1 aromatic heterocycles. The number of aromatic nitrogens is 1. The second-order valence-electron chi connectivity index (χ2n) is 6.69. The number of benzene rings is 3. The van der Waals surface area contributed by atoms with E-state index in [-0.39, 0.29) is 22.5 Å². The van der Waals surface area contributed by atoms with E-state index in [4.69, 9.17) is 4.74 Å². The van der Waals surface area contributed by atoms with Gasteiger partial charge in [0.2, 0.25) is 0 Å². The lowest BCUT2D eigenvalue weighted by atomic mass is 10.1. The minimum atomic E-state index is -3.74. The number of anilines is 2. The molecule has 0 saturated carbocycles. The minimum Gasteiger partial charge on any atom is -0.484 e. The predicted octanol–water partition coefficient (Wildman–Crippen LogP) is 4.63. The van der Waals surface area contributed by atoms with Gasteiger partial charge < -0.3 is 10.1 Å². The number of nitrogens with zero attached hydrogens (tertiary/aromatic N) is 1. The van der Waals surface area contributed by atoms with Crippen molar-refractivity contribution in [1.29, 1.82) is 0 Å². The second kappa shape index (κ2) is 9.63. The maximum atomic E-state index is 12.4. The molecule has 0 aliphatic heterocycles. The summed E-state index contributed by atoms with van der Waals surface area (Å²) >= 11 is 1.19. The number of carbonyl (C=O) groups excluding carboxylic acids is 1. The summed E-state index contributed by atoms with van der Waals surface area (Å²) in [7, 11) is -3.74. The Labute approximate surface area is 189 Å². The molecule has 32 heavy (non-hydrogen) atoms. The minimum absolute atomic E-state index is 0.0699. The number of thiazole rings is 1. The van der Waals surface area contributed by atoms with Gasteiger partial charge in [0.05, 0.1) is 4.90 Å². The zero-order valence-corrected chi connectivity index (χ0v) is 18.4. The molecular weight excluding hydrogens is 446 g/mol. The van der Waals surface area contributed by atoms with Crippen LogP contribution >= 0.6 is 11.3 Å². The maximum Gasteiger partial charge on any atom is 0.263 e. The third-order valence-electron chi connectivity index (χ3n) is 4.43. The van der Waals surface area contributed by atoms with Crippen molar-refractivity contribution in [2.45, 2.75) is 4.90 Å². The van der Waals surface area contributed by atoms with Crippen molar-refractivity contribution in [2.24, 2.45) is 0 Å². The van der Waals surface area contributed by atoms with Crippen LogP contribution in [0.15, 0.2) is 95.3 Å². The number of rotatable bonds is 8. The van der Waals surface area contributed by atoms with Gasteiger partial charge in [0.1, 0.15) is 5.75 Å². The average molecular weight is 466 g/mol. The molecule has 9 heteroatoms. The fourth-order valence-corrected chi connectivity index (χ4v) is 4.67. The third kappa shape index (κ3) is 5.51. The first-order valence-corrected chi connectivity index (χ1v) is 12.0. The molecule has 0 atom stereocenters. The number of hydrogen-bond donors (Lipinski definition) is 2. The van der Waals surface area contributed by atoms with Gasteiger partial charge in [-0.1, -0.05) is 42.5 Å². The Morgan fingerprint density at radius 1 is 0.906 bits per heavy atom. The van der Waals surface area contributed by atoms with E-state index in [1.807, 2.05) is 54.6 Å². The zero-order chi connectivity index (χ0) is 22.4. The summed E-state index contributed by atoms with van der Waals surface area (Å²) in [6.07, 6.45) is 1.51. The quantitative estimate of drug-likeness (QED) is 0.395. The van der Waals surface area contributed by atoms with Gasteiger partial charge in [-0.3, -0.25) is 9.52 Å². The molecule has 1 amide bonds. The number of ether oxygens (including phenoxy) is 1. The molecule has 0 aliphatic carbocycles. The van der Waals surface area contributed by atoms with Crippen LogP contribution in [-0.2, 0) is 14.8 Å². The van der Waals surface area contributed by atoms with Crippen LogP contribution in [0, 0.1) is 0 Å². The molecule has 0 saturated heterocycles. The van der Waals surface area contributed by atoms with Gasteiger partial charge in [-0.25, -0.2) is 13.4 Å². The monoisotopic (exact) mass is 465 g/mol. The zero-order valence-electron chi connectivity index (χ0n) is 16.8. The molecule has 0 radical (unpaired) electrons. The highest BCUT2D eigenvalue weighted by atomic mass is 32.2. The van der Waals surface area contributed by atoms with Crippen molar-refractivity contribution < 1.29 is 17.9 Å². The SMILES string of the molecule is O=C(COc1ccc(-c2ccccc2)cc1)Nc1ccc(S(=O)(=O)Nc2nccs2)cc1. The van der Waals surface area contributed by atoms with Crippen LogP contribution in [0.25, 0.3) is 11.1 Å². The van der Waals surface area contributed by atoms with Gasteiger partial charge >= 0.3 is 0 Å². The van der Waals surface area contributed by atoms with Crippen molar-refractivity contribution in [3.05, 3.63) is 90.4 Å². The lowest BCUT2D eigenvalue weighted by Gasteiger charge is -2.09. The lowest BCUT2D eigenvalue weighted by molar-refractivity contribution is -0.118. The highest BCUT2D eigenvalue weighted by Gasteiger charge is 2.15. The van der Waals surface area contributed by atoms with E-state index in [9.17, 15) is 13.2 Å². The Kier molecular flexibility index (Phi) is 6.48. The van der Waals surface area contributed by atoms with Crippen molar-refractivity contribution in [1.82, 2.24) is 4.98 Å². The van der Waals surface area contributed by atoms with Crippen molar-refractivity contribution in [3.63, 3.8) is 0 Å². The fraction of sp³-hybridized carbons (Fsp3) is 0.0435. The number of carbonyl (C=O) groups is 1. The Morgan fingerprint density at radius 3 is 2.25 bits per heavy atom. The summed E-state index contributed by atoms with van der Waals surface area (Å²) in [5, 5.41) is 4.65. The second-order valence-corrected chi connectivity index (χ2v) is 9.27. The Balaban J connectivity index is 1.30. The summed E-state index contributed by atoms with van der Waals surface area (Å²) in [5.74, 6) is 0.225. The van der Waals surface area contributed by atoms with Gasteiger partial charge in [0, 0.05) is 17.3 Å². The molecule has 2 N–H and O–H groups in total. The van der Waals surface area contributed by atoms with Crippen LogP contribution in [0.4, 0.5) is 10.8 Å². The van der Waals surface area contributed by atoms with Gasteiger partial charge in [-0.15, -0.1) is 11.3 Å². The molecule has 4 aromatic rings. The summed E-state index contributed by atoms with van der Waals surface area (Å²) in [5.41, 5.74) is 2.62. The van der Waals surface area contributed by atoms with Crippen molar-refractivity contribution in [3.8, 4) is 16.9 Å². The molecule has 0 fully saturated rings. The van der Waals surface area contributed by atoms with Crippen LogP contribution < -0.4 is 14.8 Å². The van der Waals surface area contributed by atoms with E-state index < -0.39 is 10.0 Å². The molecule has 1 heterocycles. The number of amides is 1. The van der Waals surface area contributed by atoms with E-state index in [1.54, 1.807) is 5.38 Å². The number of hydrogen-bond acceptors (Lipinski definition) is 6. The van der Waals surface area contributed by atoms with Gasteiger partial charge in [-0.05, 0) is 47.5 Å². The van der Waals surface area contributed by atoms with E-state index in [1.165, 1.54) is 41.8 Å². The molecule has 0 spiro atoms. The summed E-state index contributed by atoms with van der Waals surface area (Å²) in [6.45, 7) is -0.170. The van der Waals surface area contributed by atoms with Crippen LogP contribution in [0.2, 0.25) is 0 Å². The molecule has 4 rings (SSSR count). The van der Waals surface area contributed by atoms with E-state index in [0.717, 1.165) is 11.1 Å². The highest BCUT2D eigenvalue weighted by molar-refractivity contribution is 7.93. The normalized spacial score (nSPS) is 11.0. The van der Waals surface area contributed by atoms with Crippen LogP contribution in [0.3, 0.4) is 0 Å². The van der Waals surface area contributed by atoms with E-state index in [2.05, 4.69) is 15.0 Å². The van der Waals surface area contributed by atoms with Crippen LogP contribution in [-0.4, -0.2) is 25.9 Å². The van der Waals surface area contributed by atoms with Crippen LogP contribution in [0.5, 0.6) is 5.75 Å². The van der Waals surface area contributed by atoms with E-state index in [0.29, 0.717) is 11.4 Å². The molecule has 0 bridgehead atoms. The third-order valence-corrected chi connectivity index (χ3v) is 6.61. The first kappa shape index (κ1) is 21.5. The summed E-state index contributed by atoms with van der Waals surface area (Å²) < 4.78 is 32.7. The maximum absolute atomic E-state index is 12.4. The number of sulfonamides is 1. The Morgan fingerprint density at radius 2 is 1.59 bits per heavy atom. The lowest BCUT2D eigenvalue weighted by Crippen LogP contribution is -2.20. The highest BCUT2D eigenvalue weighted by Crippen LogP contribution is 2.22. The largest absolute Gasteiger partial charge is 0.484 e. The first-order valence-electron chi connectivity index (χ1n) is 9.60. The average Bonchev–Trinajstić information content (AvgIpc) is 3.31. The number of nitrogens with one attached hydrogen (secondary N) is 2. The van der Waals surface area contributed by atoms with Crippen molar-refractivity contribution in [2.75, 3.05) is 16.6 Å². The van der Waals surface area contributed by atoms with E-state index >= 15 is 0 Å². The molecule has 0 unspecified atom stereocenters. The van der Waals surface area contributed by atoms with Crippen molar-refractivity contribution >= 4 is 38.1 Å². The fourth-order valence-electron chi connectivity index (χ4n) is 2.89. The Hall–Kier alpha value is -3.69. The predicted molar refractivity (Wildman–Crippen MR) is 125 cm³/mol. The molecule has 162 valence electrons. The topological polar surface area (TPSA) is 97.4 Å². The van der Waals surface area contributed by atoms with Gasteiger partial charge in [0.15, 0.2) is 11.7 Å². The van der Waals surface area contributed by atoms with Gasteiger partial charge in [-0.2, -0.15) is 0 Å².